The lowest BCUT2D eigenvalue weighted by Crippen LogP contribution is -2.35. The van der Waals surface area contributed by atoms with Crippen LogP contribution in [0.1, 0.15) is 0 Å². The van der Waals surface area contributed by atoms with Crippen molar-refractivity contribution in [3.05, 3.63) is 24.4 Å². The van der Waals surface area contributed by atoms with E-state index in [4.69, 9.17) is 0 Å². The summed E-state index contributed by atoms with van der Waals surface area (Å²) in [5.74, 6) is 0.636. The van der Waals surface area contributed by atoms with Gasteiger partial charge in [0, 0.05) is 20.3 Å². The van der Waals surface area contributed by atoms with Gasteiger partial charge in [-0.3, -0.25) is 4.90 Å². The van der Waals surface area contributed by atoms with E-state index in [9.17, 15) is 4.79 Å². The molecule has 0 aliphatic heterocycles. The number of carbonyl (C=O) groups is 1. The lowest BCUT2D eigenvalue weighted by Gasteiger charge is -2.14. The van der Waals surface area contributed by atoms with Gasteiger partial charge in [-0.15, -0.1) is 0 Å². The standard InChI is InChI=1S/C8H11N3O/c1-9-8(12)11(2)7-5-3-4-6-10-7/h3-6H,1-2H3,(H,9,12). The lowest BCUT2D eigenvalue weighted by molar-refractivity contribution is 0.249. The quantitative estimate of drug-likeness (QED) is 0.670. The lowest BCUT2D eigenvalue weighted by atomic mass is 10.4. The highest BCUT2D eigenvalue weighted by Crippen LogP contribution is 2.05. The zero-order valence-corrected chi connectivity index (χ0v) is 7.11. The molecule has 0 saturated heterocycles. The fourth-order valence-corrected chi connectivity index (χ4v) is 0.824. The Labute approximate surface area is 71.2 Å². The van der Waals surface area contributed by atoms with Gasteiger partial charge in [-0.05, 0) is 12.1 Å². The van der Waals surface area contributed by atoms with Gasteiger partial charge in [0.25, 0.3) is 0 Å². The number of aromatic nitrogens is 1. The molecule has 0 radical (unpaired) electrons. The summed E-state index contributed by atoms with van der Waals surface area (Å²) < 4.78 is 0. The monoisotopic (exact) mass is 165 g/mol. The maximum absolute atomic E-state index is 11.1. The number of hydrogen-bond acceptors (Lipinski definition) is 2. The van der Waals surface area contributed by atoms with Crippen molar-refractivity contribution in [1.29, 1.82) is 0 Å². The maximum atomic E-state index is 11.1. The average Bonchev–Trinajstić information content (AvgIpc) is 2.17. The first-order chi connectivity index (χ1) is 5.75. The van der Waals surface area contributed by atoms with Crippen LogP contribution in [0, 0.1) is 0 Å². The Bertz CT molecular complexity index is 260. The molecule has 0 spiro atoms. The summed E-state index contributed by atoms with van der Waals surface area (Å²) in [6.07, 6.45) is 1.65. The molecule has 0 unspecified atom stereocenters. The molecule has 0 aliphatic carbocycles. The van der Waals surface area contributed by atoms with Crippen molar-refractivity contribution in [3.8, 4) is 0 Å². The van der Waals surface area contributed by atoms with Crippen molar-refractivity contribution >= 4 is 11.8 Å². The molecule has 2 amide bonds. The van der Waals surface area contributed by atoms with Crippen LogP contribution in [0.3, 0.4) is 0 Å². The van der Waals surface area contributed by atoms with E-state index in [1.165, 1.54) is 4.90 Å². The molecule has 1 rings (SSSR count). The summed E-state index contributed by atoms with van der Waals surface area (Å²) in [4.78, 5) is 16.5. The summed E-state index contributed by atoms with van der Waals surface area (Å²) in [5, 5.41) is 2.51. The number of nitrogens with zero attached hydrogens (tertiary/aromatic N) is 2. The first-order valence-electron chi connectivity index (χ1n) is 3.62. The van der Waals surface area contributed by atoms with Crippen molar-refractivity contribution in [1.82, 2.24) is 10.3 Å². The number of rotatable bonds is 1. The third-order valence-corrected chi connectivity index (χ3v) is 1.51. The summed E-state index contributed by atoms with van der Waals surface area (Å²) in [6, 6.07) is 5.24. The largest absolute Gasteiger partial charge is 0.341 e. The number of urea groups is 1. The first kappa shape index (κ1) is 8.52. The van der Waals surface area contributed by atoms with Crippen molar-refractivity contribution in [2.75, 3.05) is 19.0 Å². The SMILES string of the molecule is CNC(=O)N(C)c1ccccn1. The molecule has 4 nitrogen and oxygen atoms in total. The van der Waals surface area contributed by atoms with E-state index in [2.05, 4.69) is 10.3 Å². The molecule has 0 fully saturated rings. The maximum Gasteiger partial charge on any atom is 0.322 e. The van der Waals surface area contributed by atoms with Gasteiger partial charge in [0.1, 0.15) is 5.82 Å². The van der Waals surface area contributed by atoms with E-state index in [-0.39, 0.29) is 6.03 Å². The van der Waals surface area contributed by atoms with E-state index in [1.807, 2.05) is 6.07 Å². The normalized spacial score (nSPS) is 9.17. The Balaban J connectivity index is 2.78. The Morgan fingerprint density at radius 2 is 2.33 bits per heavy atom. The number of amides is 2. The summed E-state index contributed by atoms with van der Waals surface area (Å²) >= 11 is 0. The minimum atomic E-state index is -0.172. The first-order valence-corrected chi connectivity index (χ1v) is 3.62. The predicted octanol–water partition coefficient (Wildman–Crippen LogP) is 0.857. The molecular formula is C8H11N3O. The number of pyridine rings is 1. The number of nitrogens with one attached hydrogen (secondary N) is 1. The second kappa shape index (κ2) is 3.71. The van der Waals surface area contributed by atoms with Crippen LogP contribution in [0.4, 0.5) is 10.6 Å². The van der Waals surface area contributed by atoms with E-state index in [1.54, 1.807) is 32.4 Å². The molecule has 0 aromatic carbocycles. The fourth-order valence-electron chi connectivity index (χ4n) is 0.824. The van der Waals surface area contributed by atoms with Crippen LogP contribution in [0.25, 0.3) is 0 Å². The van der Waals surface area contributed by atoms with Gasteiger partial charge in [0.2, 0.25) is 0 Å². The Hall–Kier alpha value is -1.58. The predicted molar refractivity (Wildman–Crippen MR) is 47.1 cm³/mol. The Morgan fingerprint density at radius 1 is 1.58 bits per heavy atom. The van der Waals surface area contributed by atoms with Gasteiger partial charge < -0.3 is 5.32 Å². The highest BCUT2D eigenvalue weighted by molar-refractivity contribution is 5.89. The zero-order valence-electron chi connectivity index (χ0n) is 7.11. The van der Waals surface area contributed by atoms with Crippen molar-refractivity contribution in [2.24, 2.45) is 0 Å². The molecule has 1 heterocycles. The van der Waals surface area contributed by atoms with Gasteiger partial charge in [-0.1, -0.05) is 6.07 Å². The number of anilines is 1. The zero-order chi connectivity index (χ0) is 8.97. The third kappa shape index (κ3) is 1.72. The highest BCUT2D eigenvalue weighted by Gasteiger charge is 2.07. The van der Waals surface area contributed by atoms with E-state index in [0.717, 1.165) is 0 Å². The van der Waals surface area contributed by atoms with Crippen molar-refractivity contribution in [2.45, 2.75) is 0 Å². The fraction of sp³-hybridized carbons (Fsp3) is 0.250. The second-order valence-corrected chi connectivity index (χ2v) is 2.30. The Morgan fingerprint density at radius 3 is 2.83 bits per heavy atom. The molecule has 1 N–H and O–H groups in total. The minimum Gasteiger partial charge on any atom is -0.341 e. The Kier molecular flexibility index (Phi) is 2.63. The molecule has 4 heteroatoms. The van der Waals surface area contributed by atoms with Crippen LogP contribution < -0.4 is 10.2 Å². The summed E-state index contributed by atoms with van der Waals surface area (Å²) in [5.41, 5.74) is 0. The summed E-state index contributed by atoms with van der Waals surface area (Å²) in [6.45, 7) is 0. The van der Waals surface area contributed by atoms with Gasteiger partial charge in [0.05, 0.1) is 0 Å². The summed E-state index contributed by atoms with van der Waals surface area (Å²) in [7, 11) is 3.25. The van der Waals surface area contributed by atoms with Crippen molar-refractivity contribution < 1.29 is 4.79 Å². The van der Waals surface area contributed by atoms with Gasteiger partial charge in [-0.2, -0.15) is 0 Å². The van der Waals surface area contributed by atoms with E-state index >= 15 is 0 Å². The van der Waals surface area contributed by atoms with Crippen LogP contribution in [-0.2, 0) is 0 Å². The van der Waals surface area contributed by atoms with Crippen LogP contribution >= 0.6 is 0 Å². The van der Waals surface area contributed by atoms with Crippen LogP contribution in [0.15, 0.2) is 24.4 Å². The highest BCUT2D eigenvalue weighted by atomic mass is 16.2. The van der Waals surface area contributed by atoms with E-state index < -0.39 is 0 Å². The molecule has 0 saturated carbocycles. The molecule has 0 atom stereocenters. The molecule has 0 aliphatic rings. The van der Waals surface area contributed by atoms with Gasteiger partial charge in [-0.25, -0.2) is 9.78 Å². The van der Waals surface area contributed by atoms with Gasteiger partial charge >= 0.3 is 6.03 Å². The topological polar surface area (TPSA) is 45.2 Å². The van der Waals surface area contributed by atoms with Crippen LogP contribution in [0.5, 0.6) is 0 Å². The second-order valence-electron chi connectivity index (χ2n) is 2.30. The smallest absolute Gasteiger partial charge is 0.322 e. The van der Waals surface area contributed by atoms with Gasteiger partial charge in [0.15, 0.2) is 0 Å². The number of hydrogen-bond donors (Lipinski definition) is 1. The van der Waals surface area contributed by atoms with E-state index in [0.29, 0.717) is 5.82 Å². The molecule has 64 valence electrons. The molecular weight excluding hydrogens is 154 g/mol. The third-order valence-electron chi connectivity index (χ3n) is 1.51. The number of carbonyl (C=O) groups excluding carboxylic acids is 1. The molecule has 0 bridgehead atoms. The molecule has 12 heavy (non-hydrogen) atoms. The molecule has 1 aromatic rings. The van der Waals surface area contributed by atoms with Crippen LogP contribution in [0.2, 0.25) is 0 Å². The van der Waals surface area contributed by atoms with Crippen molar-refractivity contribution in [3.63, 3.8) is 0 Å². The minimum absolute atomic E-state index is 0.172. The average molecular weight is 165 g/mol. The van der Waals surface area contributed by atoms with Crippen LogP contribution in [-0.4, -0.2) is 25.1 Å². The molecule has 1 aromatic heterocycles.